The third-order valence-corrected chi connectivity index (χ3v) is 3.39. The molecule has 0 rings (SSSR count). The van der Waals surface area contributed by atoms with E-state index in [9.17, 15) is 9.59 Å². The predicted molar refractivity (Wildman–Crippen MR) is 75.5 cm³/mol. The second-order valence-electron chi connectivity index (χ2n) is 5.99. The van der Waals surface area contributed by atoms with Crippen molar-refractivity contribution in [1.29, 1.82) is 0 Å². The van der Waals surface area contributed by atoms with Gasteiger partial charge in [-0.3, -0.25) is 4.79 Å². The van der Waals surface area contributed by atoms with E-state index in [0.29, 0.717) is 18.9 Å². The van der Waals surface area contributed by atoms with Gasteiger partial charge in [-0.05, 0) is 37.6 Å². The minimum absolute atomic E-state index is 0.121. The molecule has 0 aliphatic carbocycles. The molecule has 19 heavy (non-hydrogen) atoms. The number of amides is 1. The van der Waals surface area contributed by atoms with E-state index in [1.54, 1.807) is 6.92 Å². The van der Waals surface area contributed by atoms with E-state index in [1.807, 2.05) is 0 Å². The van der Waals surface area contributed by atoms with Crippen LogP contribution in [0.15, 0.2) is 0 Å². The Labute approximate surface area is 116 Å². The summed E-state index contributed by atoms with van der Waals surface area (Å²) >= 11 is 0. The molecule has 5 nitrogen and oxygen atoms in total. The fourth-order valence-corrected chi connectivity index (χ4v) is 2.07. The molecule has 0 saturated carbocycles. The van der Waals surface area contributed by atoms with Gasteiger partial charge >= 0.3 is 5.97 Å². The van der Waals surface area contributed by atoms with Crippen LogP contribution in [0.1, 0.15) is 47.0 Å². The molecule has 112 valence electrons. The molecule has 0 aromatic rings. The second kappa shape index (κ2) is 8.15. The Morgan fingerprint density at radius 1 is 1.26 bits per heavy atom. The molecule has 2 unspecified atom stereocenters. The number of hydrogen-bond acceptors (Lipinski definition) is 4. The Morgan fingerprint density at radius 2 is 1.84 bits per heavy atom. The molecule has 0 radical (unpaired) electrons. The first-order chi connectivity index (χ1) is 8.72. The maximum absolute atomic E-state index is 11.8. The van der Waals surface area contributed by atoms with Gasteiger partial charge < -0.3 is 15.8 Å². The molecule has 0 aliphatic heterocycles. The Bertz CT molecular complexity index is 298. The van der Waals surface area contributed by atoms with Crippen molar-refractivity contribution in [3.63, 3.8) is 0 Å². The minimum atomic E-state index is -0.597. The molecule has 0 spiro atoms. The minimum Gasteiger partial charge on any atom is -0.467 e. The van der Waals surface area contributed by atoms with Gasteiger partial charge in [-0.1, -0.05) is 20.8 Å². The Hall–Kier alpha value is -1.10. The second-order valence-corrected chi connectivity index (χ2v) is 5.99. The molecule has 2 atom stereocenters. The molecule has 0 heterocycles. The lowest BCUT2D eigenvalue weighted by Gasteiger charge is -2.30. The summed E-state index contributed by atoms with van der Waals surface area (Å²) in [5, 5.41) is 2.63. The molecule has 0 aromatic carbocycles. The van der Waals surface area contributed by atoms with Crippen molar-refractivity contribution in [2.75, 3.05) is 13.7 Å². The highest BCUT2D eigenvalue weighted by atomic mass is 16.5. The van der Waals surface area contributed by atoms with Gasteiger partial charge in [0.25, 0.3) is 0 Å². The van der Waals surface area contributed by atoms with Crippen LogP contribution < -0.4 is 11.1 Å². The Morgan fingerprint density at radius 3 is 2.26 bits per heavy atom. The van der Waals surface area contributed by atoms with E-state index >= 15 is 0 Å². The number of rotatable bonds is 7. The van der Waals surface area contributed by atoms with Crippen molar-refractivity contribution in [2.45, 2.75) is 53.0 Å². The summed E-state index contributed by atoms with van der Waals surface area (Å²) in [5.74, 6) is -0.150. The van der Waals surface area contributed by atoms with Gasteiger partial charge in [0.15, 0.2) is 0 Å². The fraction of sp³-hybridized carbons (Fsp3) is 0.857. The number of esters is 1. The van der Waals surface area contributed by atoms with Gasteiger partial charge in [-0.25, -0.2) is 4.79 Å². The van der Waals surface area contributed by atoms with Crippen molar-refractivity contribution in [3.05, 3.63) is 0 Å². The zero-order chi connectivity index (χ0) is 15.1. The standard InChI is InChI=1S/C14H28N2O3/c1-10(13(18)19-5)16-12(17)7-6-11(8-9-15)14(2,3)4/h10-11H,6-9,15H2,1-5H3,(H,16,17). The lowest BCUT2D eigenvalue weighted by molar-refractivity contribution is -0.144. The molecule has 3 N–H and O–H groups in total. The Balaban J connectivity index is 4.23. The number of carbonyl (C=O) groups excluding carboxylic acids is 2. The molecule has 0 fully saturated rings. The highest BCUT2D eigenvalue weighted by Crippen LogP contribution is 2.31. The van der Waals surface area contributed by atoms with Crippen LogP contribution in [0, 0.1) is 11.3 Å². The summed E-state index contributed by atoms with van der Waals surface area (Å²) in [7, 11) is 1.31. The highest BCUT2D eigenvalue weighted by molar-refractivity contribution is 5.83. The molecule has 1 amide bonds. The normalized spacial score (nSPS) is 14.6. The van der Waals surface area contributed by atoms with E-state index in [0.717, 1.165) is 12.8 Å². The fourth-order valence-electron chi connectivity index (χ4n) is 2.07. The van der Waals surface area contributed by atoms with Crippen LogP contribution in [0.4, 0.5) is 0 Å². The monoisotopic (exact) mass is 272 g/mol. The van der Waals surface area contributed by atoms with Crippen LogP contribution in [-0.2, 0) is 14.3 Å². The van der Waals surface area contributed by atoms with Crippen LogP contribution in [0.25, 0.3) is 0 Å². The SMILES string of the molecule is COC(=O)C(C)NC(=O)CCC(CCN)C(C)(C)C. The highest BCUT2D eigenvalue weighted by Gasteiger charge is 2.25. The van der Waals surface area contributed by atoms with Crippen LogP contribution in [0.2, 0.25) is 0 Å². The smallest absolute Gasteiger partial charge is 0.328 e. The number of ether oxygens (including phenoxy) is 1. The zero-order valence-corrected chi connectivity index (χ0v) is 12.8. The van der Waals surface area contributed by atoms with E-state index in [-0.39, 0.29) is 11.3 Å². The first-order valence-corrected chi connectivity index (χ1v) is 6.79. The third-order valence-electron chi connectivity index (χ3n) is 3.39. The van der Waals surface area contributed by atoms with Gasteiger partial charge in [-0.2, -0.15) is 0 Å². The number of nitrogens with two attached hydrogens (primary N) is 1. The van der Waals surface area contributed by atoms with Crippen LogP contribution in [-0.4, -0.2) is 31.6 Å². The topological polar surface area (TPSA) is 81.4 Å². The Kier molecular flexibility index (Phi) is 7.68. The molecule has 0 aromatic heterocycles. The number of methoxy groups -OCH3 is 1. The van der Waals surface area contributed by atoms with Gasteiger partial charge in [0.1, 0.15) is 6.04 Å². The third kappa shape index (κ3) is 7.15. The van der Waals surface area contributed by atoms with Gasteiger partial charge in [0.05, 0.1) is 7.11 Å². The zero-order valence-electron chi connectivity index (χ0n) is 12.8. The number of nitrogens with one attached hydrogen (secondary N) is 1. The molecular weight excluding hydrogens is 244 g/mol. The maximum atomic E-state index is 11.8. The number of carbonyl (C=O) groups is 2. The summed E-state index contributed by atoms with van der Waals surface area (Å²) in [4.78, 5) is 23.0. The maximum Gasteiger partial charge on any atom is 0.328 e. The lowest BCUT2D eigenvalue weighted by Crippen LogP contribution is -2.39. The van der Waals surface area contributed by atoms with E-state index in [4.69, 9.17) is 5.73 Å². The lowest BCUT2D eigenvalue weighted by atomic mass is 9.76. The summed E-state index contributed by atoms with van der Waals surface area (Å²) < 4.78 is 4.56. The molecule has 5 heteroatoms. The number of hydrogen-bond donors (Lipinski definition) is 2. The largest absolute Gasteiger partial charge is 0.467 e. The molecule has 0 bridgehead atoms. The average molecular weight is 272 g/mol. The van der Waals surface area contributed by atoms with E-state index in [1.165, 1.54) is 7.11 Å². The first kappa shape index (κ1) is 17.9. The van der Waals surface area contributed by atoms with Crippen molar-refractivity contribution in [3.8, 4) is 0 Å². The summed E-state index contributed by atoms with van der Waals surface area (Å²) in [5.41, 5.74) is 5.74. The van der Waals surface area contributed by atoms with Crippen molar-refractivity contribution < 1.29 is 14.3 Å². The van der Waals surface area contributed by atoms with Crippen molar-refractivity contribution in [2.24, 2.45) is 17.1 Å². The van der Waals surface area contributed by atoms with E-state index in [2.05, 4.69) is 30.8 Å². The van der Waals surface area contributed by atoms with Crippen LogP contribution in [0.3, 0.4) is 0 Å². The first-order valence-electron chi connectivity index (χ1n) is 6.79. The molecular formula is C14H28N2O3. The quantitative estimate of drug-likeness (QED) is 0.687. The predicted octanol–water partition coefficient (Wildman–Crippen LogP) is 1.46. The summed E-state index contributed by atoms with van der Waals surface area (Å²) in [6, 6.07) is -0.597. The van der Waals surface area contributed by atoms with Gasteiger partial charge in [0, 0.05) is 6.42 Å². The van der Waals surface area contributed by atoms with Crippen molar-refractivity contribution >= 4 is 11.9 Å². The van der Waals surface area contributed by atoms with Gasteiger partial charge in [-0.15, -0.1) is 0 Å². The average Bonchev–Trinajstić information content (AvgIpc) is 2.31. The van der Waals surface area contributed by atoms with Crippen LogP contribution >= 0.6 is 0 Å². The van der Waals surface area contributed by atoms with Crippen LogP contribution in [0.5, 0.6) is 0 Å². The summed E-state index contributed by atoms with van der Waals surface area (Å²) in [6.07, 6.45) is 2.09. The molecule has 0 saturated heterocycles. The van der Waals surface area contributed by atoms with Crippen molar-refractivity contribution in [1.82, 2.24) is 5.32 Å². The van der Waals surface area contributed by atoms with E-state index < -0.39 is 12.0 Å². The van der Waals surface area contributed by atoms with Gasteiger partial charge in [0.2, 0.25) is 5.91 Å². The molecule has 0 aliphatic rings. The summed E-state index contributed by atoms with van der Waals surface area (Å²) in [6.45, 7) is 8.71.